The van der Waals surface area contributed by atoms with Crippen LogP contribution in [0.15, 0.2) is 0 Å². The lowest BCUT2D eigenvalue weighted by Gasteiger charge is -2.29. The fraction of sp³-hybridized carbons (Fsp3) is 0.875. The highest BCUT2D eigenvalue weighted by molar-refractivity contribution is 5.77. The summed E-state index contributed by atoms with van der Waals surface area (Å²) in [4.78, 5) is 13.3. The van der Waals surface area contributed by atoms with Gasteiger partial charge in [-0.2, -0.15) is 0 Å². The number of amides is 1. The van der Waals surface area contributed by atoms with E-state index in [4.69, 9.17) is 0 Å². The van der Waals surface area contributed by atoms with Crippen molar-refractivity contribution in [3.8, 4) is 0 Å². The molecule has 1 N–H and O–H groups in total. The summed E-state index contributed by atoms with van der Waals surface area (Å²) in [5, 5.41) is 2.90. The fourth-order valence-electron chi connectivity index (χ4n) is 2.18. The summed E-state index contributed by atoms with van der Waals surface area (Å²) < 4.78 is 0. The van der Waals surface area contributed by atoms with Crippen molar-refractivity contribution in [1.82, 2.24) is 10.2 Å². The molecule has 0 aromatic rings. The highest BCUT2D eigenvalue weighted by Gasteiger charge is 2.36. The van der Waals surface area contributed by atoms with E-state index in [2.05, 4.69) is 17.3 Å². The van der Waals surface area contributed by atoms with E-state index in [0.29, 0.717) is 12.0 Å². The van der Waals surface area contributed by atoms with Crippen LogP contribution in [0.25, 0.3) is 0 Å². The van der Waals surface area contributed by atoms with Crippen LogP contribution in [0.4, 0.5) is 0 Å². The zero-order valence-electron chi connectivity index (χ0n) is 6.84. The average Bonchev–Trinajstić information content (AvgIpc) is 2.32. The van der Waals surface area contributed by atoms with Gasteiger partial charge in [0.15, 0.2) is 0 Å². The van der Waals surface area contributed by atoms with Crippen LogP contribution in [0, 0.1) is 5.92 Å². The fourth-order valence-corrected chi connectivity index (χ4v) is 2.18. The molecule has 2 rings (SSSR count). The normalized spacial score (nSPS) is 38.5. The molecule has 11 heavy (non-hydrogen) atoms. The first-order chi connectivity index (χ1) is 5.27. The summed E-state index contributed by atoms with van der Waals surface area (Å²) in [5.41, 5.74) is 0. The number of likely N-dealkylation sites (N-methyl/N-ethyl adjacent to an activating group) is 1. The van der Waals surface area contributed by atoms with Gasteiger partial charge in [0.25, 0.3) is 0 Å². The minimum absolute atomic E-state index is 0.238. The summed E-state index contributed by atoms with van der Waals surface area (Å²) in [5.74, 6) is 0.871. The SMILES string of the molecule is CN1CCC2CC(=O)NCC21. The number of hydrogen-bond acceptors (Lipinski definition) is 2. The molecule has 2 atom stereocenters. The Bertz CT molecular complexity index is 181. The summed E-state index contributed by atoms with van der Waals surface area (Å²) >= 11 is 0. The van der Waals surface area contributed by atoms with Gasteiger partial charge >= 0.3 is 0 Å². The molecule has 0 spiro atoms. The first-order valence-corrected chi connectivity index (χ1v) is 4.24. The van der Waals surface area contributed by atoms with Crippen LogP contribution in [-0.2, 0) is 4.79 Å². The molecule has 3 heteroatoms. The smallest absolute Gasteiger partial charge is 0.220 e. The predicted octanol–water partition coefficient (Wildman–Crippen LogP) is -0.173. The number of likely N-dealkylation sites (tertiary alicyclic amines) is 1. The van der Waals surface area contributed by atoms with Gasteiger partial charge < -0.3 is 10.2 Å². The number of carbonyl (C=O) groups is 1. The van der Waals surface area contributed by atoms with Crippen molar-refractivity contribution in [2.75, 3.05) is 20.1 Å². The topological polar surface area (TPSA) is 32.3 Å². The van der Waals surface area contributed by atoms with E-state index in [0.717, 1.165) is 19.5 Å². The Morgan fingerprint density at radius 3 is 3.27 bits per heavy atom. The third-order valence-corrected chi connectivity index (χ3v) is 2.92. The molecule has 0 aliphatic carbocycles. The minimum atomic E-state index is 0.238. The summed E-state index contributed by atoms with van der Waals surface area (Å²) in [6.45, 7) is 2.02. The largest absolute Gasteiger partial charge is 0.355 e. The van der Waals surface area contributed by atoms with Crippen molar-refractivity contribution < 1.29 is 4.79 Å². The Morgan fingerprint density at radius 2 is 2.45 bits per heavy atom. The molecule has 0 radical (unpaired) electrons. The van der Waals surface area contributed by atoms with Gasteiger partial charge in [-0.3, -0.25) is 4.79 Å². The number of rotatable bonds is 0. The van der Waals surface area contributed by atoms with Crippen LogP contribution in [0.5, 0.6) is 0 Å². The second-order valence-corrected chi connectivity index (χ2v) is 3.60. The monoisotopic (exact) mass is 154 g/mol. The van der Waals surface area contributed by atoms with E-state index in [9.17, 15) is 4.79 Å². The van der Waals surface area contributed by atoms with Gasteiger partial charge in [-0.25, -0.2) is 0 Å². The number of hydrogen-bond donors (Lipinski definition) is 1. The Morgan fingerprint density at radius 1 is 1.64 bits per heavy atom. The molecular formula is C8H14N2O. The molecule has 2 aliphatic heterocycles. The molecule has 1 amide bonds. The number of piperidine rings is 1. The Balaban J connectivity index is 2.05. The molecule has 0 bridgehead atoms. The predicted molar refractivity (Wildman–Crippen MR) is 42.2 cm³/mol. The van der Waals surface area contributed by atoms with Gasteiger partial charge in [0.1, 0.15) is 0 Å². The third-order valence-electron chi connectivity index (χ3n) is 2.92. The molecule has 2 unspecified atom stereocenters. The van der Waals surface area contributed by atoms with Crippen LogP contribution in [-0.4, -0.2) is 37.0 Å². The zero-order valence-corrected chi connectivity index (χ0v) is 6.84. The molecule has 2 heterocycles. The van der Waals surface area contributed by atoms with Crippen molar-refractivity contribution >= 4 is 5.91 Å². The first-order valence-electron chi connectivity index (χ1n) is 4.24. The van der Waals surface area contributed by atoms with E-state index in [1.165, 1.54) is 6.42 Å². The van der Waals surface area contributed by atoms with E-state index in [-0.39, 0.29) is 5.91 Å². The molecule has 62 valence electrons. The Hall–Kier alpha value is -0.570. The Labute approximate surface area is 66.8 Å². The van der Waals surface area contributed by atoms with Crippen molar-refractivity contribution in [2.24, 2.45) is 5.92 Å². The van der Waals surface area contributed by atoms with Gasteiger partial charge in [0, 0.05) is 19.0 Å². The number of fused-ring (bicyclic) bond motifs is 1. The third kappa shape index (κ3) is 1.13. The lowest BCUT2D eigenvalue weighted by molar-refractivity contribution is -0.124. The molecule has 2 aliphatic rings. The maximum Gasteiger partial charge on any atom is 0.220 e. The molecule has 0 aromatic carbocycles. The standard InChI is InChI=1S/C8H14N2O/c1-10-3-2-6-4-8(11)9-5-7(6)10/h6-7H,2-5H2,1H3,(H,9,11). The van der Waals surface area contributed by atoms with E-state index < -0.39 is 0 Å². The van der Waals surface area contributed by atoms with E-state index in [1.807, 2.05) is 0 Å². The average molecular weight is 154 g/mol. The Kier molecular flexibility index (Phi) is 1.60. The van der Waals surface area contributed by atoms with Gasteiger partial charge in [0.05, 0.1) is 0 Å². The van der Waals surface area contributed by atoms with Crippen molar-refractivity contribution in [3.05, 3.63) is 0 Å². The molecule has 0 saturated carbocycles. The molecule has 2 saturated heterocycles. The van der Waals surface area contributed by atoms with Crippen LogP contribution in [0.2, 0.25) is 0 Å². The molecule has 0 aromatic heterocycles. The molecular weight excluding hydrogens is 140 g/mol. The number of nitrogens with zero attached hydrogens (tertiary/aromatic N) is 1. The number of carbonyl (C=O) groups excluding carboxylic acids is 1. The summed E-state index contributed by atoms with van der Waals surface area (Å²) in [6.07, 6.45) is 1.95. The molecule has 3 nitrogen and oxygen atoms in total. The van der Waals surface area contributed by atoms with Gasteiger partial charge in [-0.15, -0.1) is 0 Å². The van der Waals surface area contributed by atoms with E-state index >= 15 is 0 Å². The van der Waals surface area contributed by atoms with E-state index in [1.54, 1.807) is 0 Å². The highest BCUT2D eigenvalue weighted by atomic mass is 16.1. The van der Waals surface area contributed by atoms with Crippen LogP contribution >= 0.6 is 0 Å². The number of nitrogens with one attached hydrogen (secondary N) is 1. The maximum atomic E-state index is 11.0. The van der Waals surface area contributed by atoms with Crippen LogP contribution < -0.4 is 5.32 Å². The maximum absolute atomic E-state index is 11.0. The van der Waals surface area contributed by atoms with Gasteiger partial charge in [0.2, 0.25) is 5.91 Å². The summed E-state index contributed by atoms with van der Waals surface area (Å²) in [7, 11) is 2.14. The first kappa shape index (κ1) is 7.10. The highest BCUT2D eigenvalue weighted by Crippen LogP contribution is 2.27. The minimum Gasteiger partial charge on any atom is -0.355 e. The van der Waals surface area contributed by atoms with Crippen LogP contribution in [0.3, 0.4) is 0 Å². The van der Waals surface area contributed by atoms with Crippen molar-refractivity contribution in [3.63, 3.8) is 0 Å². The second kappa shape index (κ2) is 2.48. The van der Waals surface area contributed by atoms with Gasteiger partial charge in [-0.1, -0.05) is 0 Å². The van der Waals surface area contributed by atoms with Crippen molar-refractivity contribution in [1.29, 1.82) is 0 Å². The second-order valence-electron chi connectivity index (χ2n) is 3.60. The lowest BCUT2D eigenvalue weighted by Crippen LogP contribution is -2.47. The quantitative estimate of drug-likeness (QED) is 0.525. The summed E-state index contributed by atoms with van der Waals surface area (Å²) in [6, 6.07) is 0.618. The van der Waals surface area contributed by atoms with Crippen molar-refractivity contribution in [2.45, 2.75) is 18.9 Å². The zero-order chi connectivity index (χ0) is 7.84. The van der Waals surface area contributed by atoms with Gasteiger partial charge in [-0.05, 0) is 25.9 Å². The van der Waals surface area contributed by atoms with Crippen LogP contribution in [0.1, 0.15) is 12.8 Å². The molecule has 2 fully saturated rings. The lowest BCUT2D eigenvalue weighted by atomic mass is 9.93.